The summed E-state index contributed by atoms with van der Waals surface area (Å²) in [5.41, 5.74) is 120. The predicted octanol–water partition coefficient (Wildman–Crippen LogP) is 18.8. The van der Waals surface area contributed by atoms with Gasteiger partial charge in [-0.3, -0.25) is 4.79 Å². The Kier molecular flexibility index (Phi) is 33.1. The van der Waals surface area contributed by atoms with Crippen molar-refractivity contribution in [3.05, 3.63) is 306 Å². The fourth-order valence-electron chi connectivity index (χ4n) is 8.97. The molecule has 37 N–H and O–H groups in total. The maximum atomic E-state index is 11.8. The van der Waals surface area contributed by atoms with E-state index in [4.69, 9.17) is 179 Å². The molecule has 0 aliphatic carbocycles. The van der Waals surface area contributed by atoms with E-state index in [0.29, 0.717) is 115 Å². The number of nitrogens with zero attached hydrogens (tertiary/aromatic N) is 1. The number of hydrogen-bond acceptors (Lipinski definition) is 19. The van der Waals surface area contributed by atoms with Crippen molar-refractivity contribution in [2.75, 3.05) is 109 Å². The van der Waals surface area contributed by atoms with Gasteiger partial charge < -0.3 is 109 Å². The number of hydrogen-bond donors (Lipinski definition) is 19. The van der Waals surface area contributed by atoms with Crippen molar-refractivity contribution >= 4 is 200 Å². The van der Waals surface area contributed by atoms with E-state index in [0.717, 1.165) is 83.8 Å². The normalized spacial score (nSPS) is 9.85. The van der Waals surface area contributed by atoms with Crippen LogP contribution in [0, 0.1) is 27.3 Å². The molecule has 0 aliphatic rings. The first-order valence-corrected chi connectivity index (χ1v) is 34.4. The van der Waals surface area contributed by atoms with Crippen molar-refractivity contribution in [3.8, 4) is 22.3 Å². The zero-order valence-corrected chi connectivity index (χ0v) is 63.6. The number of carbonyl (C=O) groups is 1. The number of benzene rings is 13. The Balaban J connectivity index is 0.000000220. The molecule has 0 aliphatic heterocycles. The topological polar surface area (TPSA) is 502 Å². The third-order valence-corrected chi connectivity index (χ3v) is 17.1. The Morgan fingerprint density at radius 1 is 0.287 bits per heavy atom. The molecule has 0 radical (unpaired) electrons. The van der Waals surface area contributed by atoms with Crippen LogP contribution in [-0.2, 0) is 0 Å². The Bertz CT molecular complexity index is 4790. The van der Waals surface area contributed by atoms with E-state index in [1.165, 1.54) is 12.1 Å². The maximum Gasteiger partial charge on any atom is 0.255 e. The average Bonchev–Trinajstić information content (AvgIpc) is 0.985. The van der Waals surface area contributed by atoms with E-state index in [-0.39, 0.29) is 5.91 Å². The van der Waals surface area contributed by atoms with Crippen LogP contribution in [0.25, 0.3) is 37.9 Å². The molecular weight excluding hydrogens is 1480 g/mol. The summed E-state index contributed by atoms with van der Waals surface area (Å²) in [4.78, 5) is 15.0. The summed E-state index contributed by atoms with van der Waals surface area (Å²) in [6.45, 7) is 12.5. The highest BCUT2D eigenvalue weighted by atomic mass is 35.5. The predicted molar refractivity (Wildman–Crippen MR) is 471 cm³/mol. The summed E-state index contributed by atoms with van der Waals surface area (Å²) >= 11 is 34.7. The molecule has 13 aromatic carbocycles. The molecule has 0 aromatic heterocycles. The number of anilines is 19. The van der Waals surface area contributed by atoms with Gasteiger partial charge in [-0.2, -0.15) is 0 Å². The molecule has 0 fully saturated rings. The highest BCUT2D eigenvalue weighted by Gasteiger charge is 2.10. The minimum absolute atomic E-state index is 0.172. The van der Waals surface area contributed by atoms with Crippen molar-refractivity contribution in [2.45, 2.75) is 20.8 Å². The molecule has 558 valence electrons. The average molecular weight is 1570 g/mol. The Morgan fingerprint density at radius 3 is 0.935 bits per heavy atom. The minimum Gasteiger partial charge on any atom is -0.407 e. The third kappa shape index (κ3) is 27.7. The zero-order valence-electron chi connectivity index (χ0n) is 59.1. The van der Waals surface area contributed by atoms with Crippen LogP contribution in [0.4, 0.5) is 114 Å². The van der Waals surface area contributed by atoms with Crippen LogP contribution in [0.1, 0.15) is 27.0 Å². The molecule has 13 aromatic rings. The molecule has 0 atom stereocenters. The first-order chi connectivity index (χ1) is 51.0. The number of nitrogens with one attached hydrogen (secondary N) is 1. The summed E-state index contributed by atoms with van der Waals surface area (Å²) in [5, 5.41) is 7.86. The summed E-state index contributed by atoms with van der Waals surface area (Å²) in [6.07, 6.45) is 0. The molecule has 0 saturated heterocycles. The molecule has 21 nitrogen and oxygen atoms in total. The molecule has 0 heterocycles. The molecule has 0 spiro atoms. The van der Waals surface area contributed by atoms with Crippen LogP contribution in [0.5, 0.6) is 0 Å². The Morgan fingerprint density at radius 2 is 0.583 bits per heavy atom. The number of nitrogens with two attached hydrogens (primary N) is 18. The standard InChI is InChI=1S/C13H13N3O.C12H10Cl2N2.C12H12N2.C10H10N2.C8H12N2.C7H9ClN2.C7H7N3.C6H6Cl2N2.C6H7ClN2/c14-10-3-1-9(2-4-10)13(17)16-12-7-5-11(15)6-8-12;13-11-5-7(15)1-3-9(11)10-4-2-8(16)6-12(10)14;13-11-5-1-9(2-6-11)10-3-7-12(14)8-4-10;11-9-5-1-3-7-8(9)4-2-6-10(7)12;1-5-3-8(10)6(2)4-7(5)9;1-4-2-7(10)5(8)3-6(4)9;1-10-7-4-5(8)2-3-6(7)9;7-3-1-5(9)4(8)2-6(3)10;7-5-3-4(8)1-2-6(5)9/h1-8H,14-15H2,(H,16,17);1-6H,15-16H2;1-8H,13-14H2;1-6H,11-12H2;3-4H,9-10H2,1-2H3;2-3H,9-10H2,1H3;2-4H,8-9H2;1-2H,9-10H2;1-3H,8-9H2. The lowest BCUT2D eigenvalue weighted by Gasteiger charge is -2.08. The quantitative estimate of drug-likeness (QED) is 0.0575. The summed E-state index contributed by atoms with van der Waals surface area (Å²) in [6, 6.07) is 71.6. The summed E-state index contributed by atoms with van der Waals surface area (Å²) < 4.78 is 0. The molecule has 0 unspecified atom stereocenters. The fraction of sp³-hybridized carbons (Fsp3) is 0.0370. The van der Waals surface area contributed by atoms with Gasteiger partial charge in [0.2, 0.25) is 5.69 Å². The van der Waals surface area contributed by atoms with E-state index in [9.17, 15) is 4.79 Å². The van der Waals surface area contributed by atoms with Crippen LogP contribution >= 0.6 is 69.6 Å². The number of rotatable bonds is 4. The van der Waals surface area contributed by atoms with E-state index < -0.39 is 0 Å². The Labute approximate surface area is 658 Å². The van der Waals surface area contributed by atoms with Crippen molar-refractivity contribution in [1.29, 1.82) is 0 Å². The zero-order chi connectivity index (χ0) is 80.1. The van der Waals surface area contributed by atoms with Gasteiger partial charge in [0.25, 0.3) is 5.91 Å². The van der Waals surface area contributed by atoms with Crippen LogP contribution < -0.4 is 109 Å². The molecule has 27 heteroatoms. The number of carbonyl (C=O) groups excluding carboxylic acids is 1. The highest BCUT2D eigenvalue weighted by molar-refractivity contribution is 6.38. The van der Waals surface area contributed by atoms with Gasteiger partial charge in [-0.1, -0.05) is 130 Å². The minimum atomic E-state index is -0.172. The third-order valence-electron chi connectivity index (χ3n) is 15.1. The van der Waals surface area contributed by atoms with E-state index >= 15 is 0 Å². The highest BCUT2D eigenvalue weighted by Crippen LogP contribution is 2.36. The second kappa shape index (κ2) is 41.6. The van der Waals surface area contributed by atoms with Crippen molar-refractivity contribution in [1.82, 2.24) is 0 Å². The van der Waals surface area contributed by atoms with Crippen LogP contribution in [0.2, 0.25) is 30.1 Å². The number of fused-ring (bicyclic) bond motifs is 1. The summed E-state index contributed by atoms with van der Waals surface area (Å²) in [5.74, 6) is -0.172. The molecule has 108 heavy (non-hydrogen) atoms. The molecule has 0 saturated carbocycles. The number of amides is 1. The van der Waals surface area contributed by atoms with Crippen LogP contribution in [0.15, 0.2) is 243 Å². The second-order valence-electron chi connectivity index (χ2n) is 23.6. The lowest BCUT2D eigenvalue weighted by atomic mass is 10.0. The van der Waals surface area contributed by atoms with Crippen LogP contribution in [0.3, 0.4) is 0 Å². The van der Waals surface area contributed by atoms with Crippen LogP contribution in [-0.4, -0.2) is 5.91 Å². The molecular formula is C81H86Cl6N20O. The van der Waals surface area contributed by atoms with Gasteiger partial charge in [0, 0.05) is 113 Å². The van der Waals surface area contributed by atoms with Gasteiger partial charge >= 0.3 is 0 Å². The SMILES string of the molecule is Cc1cc(N)c(C)cc1N.Cc1cc(N)c(Cl)cc1N.Nc1cc(Cl)c(N)cc1Cl.Nc1ccc(-c2ccc(N)cc2)cc1.Nc1ccc(-c2ccc(N)cc2Cl)c(Cl)c1.Nc1ccc(N)c(Cl)c1.Nc1ccc(NC(=O)c2ccc(N)cc2)cc1.Nc1cccc2c(N)cccc12.[C-]#[N+]c1cc(N)ccc1N. The Hall–Kier alpha value is -12.8. The van der Waals surface area contributed by atoms with Crippen molar-refractivity contribution in [3.63, 3.8) is 0 Å². The smallest absolute Gasteiger partial charge is 0.255 e. The van der Waals surface area contributed by atoms with E-state index in [1.54, 1.807) is 121 Å². The van der Waals surface area contributed by atoms with Crippen molar-refractivity contribution in [2.24, 2.45) is 0 Å². The number of nitrogen functional groups attached to an aromatic ring is 18. The van der Waals surface area contributed by atoms with E-state index in [1.807, 2.05) is 130 Å². The number of halogens is 6. The first kappa shape index (κ1) is 85.9. The first-order valence-electron chi connectivity index (χ1n) is 32.2. The van der Waals surface area contributed by atoms with E-state index in [2.05, 4.69) is 10.2 Å². The van der Waals surface area contributed by atoms with Crippen molar-refractivity contribution < 1.29 is 4.79 Å². The molecule has 13 rings (SSSR count). The fourth-order valence-corrected chi connectivity index (χ4v) is 10.3. The van der Waals surface area contributed by atoms with Gasteiger partial charge in [0.05, 0.1) is 59.5 Å². The second-order valence-corrected chi connectivity index (χ2v) is 26.1. The van der Waals surface area contributed by atoms with Gasteiger partial charge in [0.1, 0.15) is 0 Å². The van der Waals surface area contributed by atoms with Gasteiger partial charge in [-0.15, -0.1) is 0 Å². The summed E-state index contributed by atoms with van der Waals surface area (Å²) in [7, 11) is 0. The lowest BCUT2D eigenvalue weighted by Crippen LogP contribution is -2.11. The molecule has 1 amide bonds. The molecule has 0 bridgehead atoms. The van der Waals surface area contributed by atoms with Gasteiger partial charge in [-0.25, -0.2) is 4.85 Å². The largest absolute Gasteiger partial charge is 0.407 e. The van der Waals surface area contributed by atoms with Gasteiger partial charge in [0.15, 0.2) is 0 Å². The maximum absolute atomic E-state index is 11.8. The lowest BCUT2D eigenvalue weighted by molar-refractivity contribution is 0.102. The monoisotopic (exact) mass is 1560 g/mol. The number of aryl methyl sites for hydroxylation is 3. The van der Waals surface area contributed by atoms with Gasteiger partial charge in [-0.05, 0) is 231 Å².